The number of nitrogens with zero attached hydrogens (tertiary/aromatic N) is 1. The molecule has 0 radical (unpaired) electrons. The van der Waals surface area contributed by atoms with E-state index in [0.717, 1.165) is 22.0 Å². The average Bonchev–Trinajstić information content (AvgIpc) is 2.81. The van der Waals surface area contributed by atoms with Crippen LogP contribution in [0.4, 0.5) is 0 Å². The Labute approximate surface area is 110 Å². The smallest absolute Gasteiger partial charge is 0.136 e. The topological polar surface area (TPSA) is 46.2 Å². The number of rotatable bonds is 4. The van der Waals surface area contributed by atoms with Crippen molar-refractivity contribution in [3.63, 3.8) is 0 Å². The largest absolute Gasteiger partial charge is 0.495 e. The van der Waals surface area contributed by atoms with Gasteiger partial charge in [-0.25, -0.2) is 0 Å². The SMILES string of the molecule is COc1cc(CSc2ccoc2C)ccc1C#N. The Morgan fingerprint density at radius 3 is 2.83 bits per heavy atom. The zero-order valence-electron chi connectivity index (χ0n) is 10.3. The zero-order chi connectivity index (χ0) is 13.0. The molecule has 2 rings (SSSR count). The molecule has 1 aromatic heterocycles. The number of methoxy groups -OCH3 is 1. The minimum atomic E-state index is 0.561. The Balaban J connectivity index is 2.11. The fourth-order valence-electron chi connectivity index (χ4n) is 1.60. The molecule has 3 nitrogen and oxygen atoms in total. The van der Waals surface area contributed by atoms with Gasteiger partial charge in [0.1, 0.15) is 17.6 Å². The van der Waals surface area contributed by atoms with Crippen LogP contribution in [0, 0.1) is 18.3 Å². The van der Waals surface area contributed by atoms with Crippen molar-refractivity contribution in [1.82, 2.24) is 0 Å². The lowest BCUT2D eigenvalue weighted by molar-refractivity contribution is 0.413. The molecule has 0 saturated heterocycles. The quantitative estimate of drug-likeness (QED) is 0.784. The highest BCUT2D eigenvalue weighted by molar-refractivity contribution is 7.98. The van der Waals surface area contributed by atoms with E-state index in [4.69, 9.17) is 14.4 Å². The van der Waals surface area contributed by atoms with E-state index in [-0.39, 0.29) is 0 Å². The van der Waals surface area contributed by atoms with E-state index in [2.05, 4.69) is 6.07 Å². The van der Waals surface area contributed by atoms with Gasteiger partial charge in [-0.3, -0.25) is 0 Å². The van der Waals surface area contributed by atoms with Crippen LogP contribution < -0.4 is 4.74 Å². The van der Waals surface area contributed by atoms with Gasteiger partial charge < -0.3 is 9.15 Å². The van der Waals surface area contributed by atoms with E-state index in [1.807, 2.05) is 25.1 Å². The van der Waals surface area contributed by atoms with Crippen molar-refractivity contribution in [2.45, 2.75) is 17.6 Å². The maximum absolute atomic E-state index is 8.91. The van der Waals surface area contributed by atoms with Gasteiger partial charge in [-0.15, -0.1) is 11.8 Å². The lowest BCUT2D eigenvalue weighted by Crippen LogP contribution is -1.90. The molecule has 0 N–H and O–H groups in total. The lowest BCUT2D eigenvalue weighted by atomic mass is 10.1. The second-order valence-electron chi connectivity index (χ2n) is 3.78. The van der Waals surface area contributed by atoms with Crippen molar-refractivity contribution in [1.29, 1.82) is 5.26 Å². The van der Waals surface area contributed by atoms with Crippen LogP contribution in [0.25, 0.3) is 0 Å². The number of hydrogen-bond donors (Lipinski definition) is 0. The summed E-state index contributed by atoms with van der Waals surface area (Å²) in [6.45, 7) is 1.95. The van der Waals surface area contributed by atoms with Crippen LogP contribution in [0.5, 0.6) is 5.75 Å². The van der Waals surface area contributed by atoms with Crippen molar-refractivity contribution in [2.75, 3.05) is 7.11 Å². The predicted octanol–water partition coefficient (Wildman–Crippen LogP) is 3.76. The van der Waals surface area contributed by atoms with Crippen LogP contribution in [-0.2, 0) is 5.75 Å². The van der Waals surface area contributed by atoms with Gasteiger partial charge in [0.2, 0.25) is 0 Å². The number of furan rings is 1. The molecule has 1 aromatic carbocycles. The Bertz CT molecular complexity index is 584. The first-order chi connectivity index (χ1) is 8.74. The lowest BCUT2D eigenvalue weighted by Gasteiger charge is -2.06. The molecule has 0 aliphatic rings. The maximum atomic E-state index is 8.91. The van der Waals surface area contributed by atoms with E-state index < -0.39 is 0 Å². The Hall–Kier alpha value is -1.86. The molecule has 0 amide bonds. The monoisotopic (exact) mass is 259 g/mol. The van der Waals surface area contributed by atoms with Crippen LogP contribution >= 0.6 is 11.8 Å². The average molecular weight is 259 g/mol. The van der Waals surface area contributed by atoms with Gasteiger partial charge in [-0.2, -0.15) is 5.26 Å². The van der Waals surface area contributed by atoms with Crippen LogP contribution in [0.2, 0.25) is 0 Å². The third-order valence-electron chi connectivity index (χ3n) is 2.59. The molecule has 18 heavy (non-hydrogen) atoms. The summed E-state index contributed by atoms with van der Waals surface area (Å²) in [7, 11) is 1.58. The number of aryl methyl sites for hydroxylation is 1. The molecule has 4 heteroatoms. The van der Waals surface area contributed by atoms with Crippen LogP contribution in [0.15, 0.2) is 39.8 Å². The first-order valence-corrected chi connectivity index (χ1v) is 6.47. The third kappa shape index (κ3) is 2.69. The summed E-state index contributed by atoms with van der Waals surface area (Å²) in [6.07, 6.45) is 1.69. The molecule has 2 aromatic rings. The molecule has 0 saturated carbocycles. The summed E-state index contributed by atoms with van der Waals surface area (Å²) in [6, 6.07) is 9.71. The second-order valence-corrected chi connectivity index (χ2v) is 4.79. The number of ether oxygens (including phenoxy) is 1. The second kappa shape index (κ2) is 5.65. The summed E-state index contributed by atoms with van der Waals surface area (Å²) in [5.41, 5.74) is 1.68. The van der Waals surface area contributed by atoms with Crippen molar-refractivity contribution in [2.24, 2.45) is 0 Å². The highest BCUT2D eigenvalue weighted by atomic mass is 32.2. The minimum absolute atomic E-state index is 0.561. The number of benzene rings is 1. The predicted molar refractivity (Wildman–Crippen MR) is 70.7 cm³/mol. The highest BCUT2D eigenvalue weighted by Crippen LogP contribution is 2.28. The summed E-state index contributed by atoms with van der Waals surface area (Å²) < 4.78 is 10.4. The Morgan fingerprint density at radius 1 is 1.39 bits per heavy atom. The Kier molecular flexibility index (Phi) is 3.96. The fraction of sp³-hybridized carbons (Fsp3) is 0.214. The summed E-state index contributed by atoms with van der Waals surface area (Å²) >= 11 is 1.71. The van der Waals surface area contributed by atoms with Gasteiger partial charge >= 0.3 is 0 Å². The van der Waals surface area contributed by atoms with E-state index in [1.54, 1.807) is 31.2 Å². The molecule has 0 unspecified atom stereocenters. The summed E-state index contributed by atoms with van der Waals surface area (Å²) in [5.74, 6) is 2.38. The molecule has 0 aliphatic carbocycles. The zero-order valence-corrected chi connectivity index (χ0v) is 11.1. The normalized spacial score (nSPS) is 10.1. The molecule has 0 fully saturated rings. The van der Waals surface area contributed by atoms with E-state index >= 15 is 0 Å². The maximum Gasteiger partial charge on any atom is 0.136 e. The van der Waals surface area contributed by atoms with Crippen LogP contribution in [-0.4, -0.2) is 7.11 Å². The molecule has 0 aliphatic heterocycles. The first kappa shape index (κ1) is 12.6. The van der Waals surface area contributed by atoms with E-state index in [9.17, 15) is 0 Å². The number of nitriles is 1. The minimum Gasteiger partial charge on any atom is -0.495 e. The van der Waals surface area contributed by atoms with Gasteiger partial charge in [0.25, 0.3) is 0 Å². The molecule has 0 atom stereocenters. The van der Waals surface area contributed by atoms with Crippen LogP contribution in [0.3, 0.4) is 0 Å². The fourth-order valence-corrected chi connectivity index (χ4v) is 2.51. The highest BCUT2D eigenvalue weighted by Gasteiger charge is 2.06. The van der Waals surface area contributed by atoms with E-state index in [0.29, 0.717) is 11.3 Å². The molecule has 0 bridgehead atoms. The van der Waals surface area contributed by atoms with Gasteiger partial charge in [0.05, 0.1) is 18.9 Å². The van der Waals surface area contributed by atoms with Gasteiger partial charge in [0, 0.05) is 10.6 Å². The summed E-state index contributed by atoms with van der Waals surface area (Å²) in [5, 5.41) is 8.91. The molecular weight excluding hydrogens is 246 g/mol. The number of thioether (sulfide) groups is 1. The van der Waals surface area contributed by atoms with Crippen molar-refractivity contribution < 1.29 is 9.15 Å². The van der Waals surface area contributed by atoms with Crippen LogP contribution in [0.1, 0.15) is 16.9 Å². The molecular formula is C14H13NO2S. The molecule has 92 valence electrons. The molecule has 0 spiro atoms. The molecule has 1 heterocycles. The van der Waals surface area contributed by atoms with Gasteiger partial charge in [-0.1, -0.05) is 6.07 Å². The van der Waals surface area contributed by atoms with Crippen molar-refractivity contribution >= 4 is 11.8 Å². The van der Waals surface area contributed by atoms with E-state index in [1.165, 1.54) is 0 Å². The summed E-state index contributed by atoms with van der Waals surface area (Å²) in [4.78, 5) is 1.14. The van der Waals surface area contributed by atoms with Crippen molar-refractivity contribution in [3.05, 3.63) is 47.4 Å². The number of hydrogen-bond acceptors (Lipinski definition) is 4. The third-order valence-corrected chi connectivity index (χ3v) is 3.80. The van der Waals surface area contributed by atoms with Gasteiger partial charge in [-0.05, 0) is 30.7 Å². The standard InChI is InChI=1S/C14H13NO2S/c1-10-14(5-6-17-10)18-9-11-3-4-12(8-15)13(7-11)16-2/h3-7H,9H2,1-2H3. The van der Waals surface area contributed by atoms with Gasteiger partial charge in [0.15, 0.2) is 0 Å². The first-order valence-electron chi connectivity index (χ1n) is 5.48. The van der Waals surface area contributed by atoms with Crippen molar-refractivity contribution in [3.8, 4) is 11.8 Å². The Morgan fingerprint density at radius 2 is 2.22 bits per heavy atom.